The van der Waals surface area contributed by atoms with Gasteiger partial charge in [0.15, 0.2) is 0 Å². The highest BCUT2D eigenvalue weighted by molar-refractivity contribution is 9.10. The Morgan fingerprint density at radius 1 is 1.65 bits per heavy atom. The fourth-order valence-electron chi connectivity index (χ4n) is 1.24. The quantitative estimate of drug-likeness (QED) is 0.869. The van der Waals surface area contributed by atoms with E-state index in [4.69, 9.17) is 0 Å². The van der Waals surface area contributed by atoms with Gasteiger partial charge in [-0.1, -0.05) is 0 Å². The van der Waals surface area contributed by atoms with Gasteiger partial charge in [0.1, 0.15) is 5.75 Å². The number of hydrogen-bond donors (Lipinski definition) is 1. The molecule has 1 heterocycles. The van der Waals surface area contributed by atoms with E-state index in [1.807, 2.05) is 0 Å². The van der Waals surface area contributed by atoms with Gasteiger partial charge in [-0.25, -0.2) is 8.78 Å². The third-order valence-corrected chi connectivity index (χ3v) is 2.78. The van der Waals surface area contributed by atoms with Crippen LogP contribution < -0.4 is 0 Å². The molecule has 1 N–H and O–H groups in total. The van der Waals surface area contributed by atoms with Crippen molar-refractivity contribution in [3.05, 3.63) is 21.9 Å². The fourth-order valence-corrected chi connectivity index (χ4v) is 1.75. The van der Waals surface area contributed by atoms with Crippen molar-refractivity contribution in [3.63, 3.8) is 0 Å². The number of aromatic nitrogens is 1. The average molecular weight is 310 g/mol. The zero-order chi connectivity index (χ0) is 13.0. The Hall–Kier alpha value is -1.24. The van der Waals surface area contributed by atoms with Crippen molar-refractivity contribution in [3.8, 4) is 5.75 Å². The Kier molecular flexibility index (Phi) is 4.80. The molecule has 0 aliphatic heterocycles. The van der Waals surface area contributed by atoms with Crippen LogP contribution in [0.15, 0.2) is 10.7 Å². The molecule has 1 aromatic rings. The molecule has 0 saturated heterocycles. The van der Waals surface area contributed by atoms with E-state index in [0.29, 0.717) is 0 Å². The zero-order valence-corrected chi connectivity index (χ0v) is 10.5. The van der Waals surface area contributed by atoms with Crippen LogP contribution in [0, 0.1) is 0 Å². The lowest BCUT2D eigenvalue weighted by Crippen LogP contribution is -2.11. The van der Waals surface area contributed by atoms with Crippen molar-refractivity contribution in [1.29, 1.82) is 0 Å². The molecule has 0 atom stereocenters. The van der Waals surface area contributed by atoms with Gasteiger partial charge in [0.2, 0.25) is 0 Å². The second-order valence-electron chi connectivity index (χ2n) is 3.10. The van der Waals surface area contributed by atoms with Crippen molar-refractivity contribution >= 4 is 21.9 Å². The minimum Gasteiger partial charge on any atom is -0.505 e. The number of rotatable bonds is 4. The van der Waals surface area contributed by atoms with Crippen LogP contribution in [-0.2, 0) is 16.0 Å². The van der Waals surface area contributed by atoms with Gasteiger partial charge >= 0.3 is 5.97 Å². The molecule has 0 amide bonds. The van der Waals surface area contributed by atoms with E-state index in [0.717, 1.165) is 6.20 Å². The maximum atomic E-state index is 12.8. The van der Waals surface area contributed by atoms with Crippen molar-refractivity contribution in [2.75, 3.05) is 6.61 Å². The summed E-state index contributed by atoms with van der Waals surface area (Å²) in [7, 11) is 0. The molecular weight excluding hydrogens is 300 g/mol. The Labute approximate surface area is 105 Å². The van der Waals surface area contributed by atoms with E-state index < -0.39 is 23.7 Å². The summed E-state index contributed by atoms with van der Waals surface area (Å²) in [5.74, 6) is -1.03. The topological polar surface area (TPSA) is 59.4 Å². The maximum absolute atomic E-state index is 12.8. The van der Waals surface area contributed by atoms with Gasteiger partial charge in [-0.2, -0.15) is 0 Å². The molecule has 17 heavy (non-hydrogen) atoms. The Morgan fingerprint density at radius 3 is 2.82 bits per heavy atom. The number of carbonyl (C=O) groups is 1. The van der Waals surface area contributed by atoms with Gasteiger partial charge in [-0.3, -0.25) is 9.78 Å². The molecule has 4 nitrogen and oxygen atoms in total. The van der Waals surface area contributed by atoms with Gasteiger partial charge in [0.25, 0.3) is 6.43 Å². The summed E-state index contributed by atoms with van der Waals surface area (Å²) in [5, 5.41) is 9.25. The molecule has 0 aromatic carbocycles. The third-order valence-electron chi connectivity index (χ3n) is 1.95. The van der Waals surface area contributed by atoms with E-state index >= 15 is 0 Å². The Balaban J connectivity index is 3.07. The SMILES string of the molecule is CCOC(=O)Cc1ncc(O)c(Br)c1C(F)F. The first-order chi connectivity index (χ1) is 7.97. The molecule has 94 valence electrons. The predicted octanol–water partition coefficient (Wildman–Crippen LogP) is 2.59. The standard InChI is InChI=1S/C10H10BrF2NO3/c1-2-17-7(16)3-5-8(10(12)13)9(11)6(15)4-14-5/h4,10,15H,2-3H2,1H3. The molecular formula is C10H10BrF2NO3. The number of carbonyl (C=O) groups excluding carboxylic acids is 1. The number of ether oxygens (including phenoxy) is 1. The fraction of sp³-hybridized carbons (Fsp3) is 0.400. The molecule has 0 fully saturated rings. The lowest BCUT2D eigenvalue weighted by molar-refractivity contribution is -0.142. The molecule has 7 heteroatoms. The van der Waals surface area contributed by atoms with Crippen LogP contribution in [0.5, 0.6) is 5.75 Å². The predicted molar refractivity (Wildman–Crippen MR) is 58.9 cm³/mol. The van der Waals surface area contributed by atoms with Gasteiger partial charge in [-0.15, -0.1) is 0 Å². The minimum absolute atomic E-state index is 0.108. The molecule has 0 unspecified atom stereocenters. The number of halogens is 3. The summed E-state index contributed by atoms with van der Waals surface area (Å²) < 4.78 is 30.0. The van der Waals surface area contributed by atoms with E-state index in [1.165, 1.54) is 0 Å². The number of pyridine rings is 1. The van der Waals surface area contributed by atoms with Crippen LogP contribution in [0.25, 0.3) is 0 Å². The first-order valence-corrected chi connectivity index (χ1v) is 5.56. The van der Waals surface area contributed by atoms with Crippen molar-refractivity contribution in [1.82, 2.24) is 4.98 Å². The van der Waals surface area contributed by atoms with E-state index in [9.17, 15) is 18.7 Å². The van der Waals surface area contributed by atoms with Crippen LogP contribution in [0.1, 0.15) is 24.6 Å². The Bertz CT molecular complexity index is 426. The smallest absolute Gasteiger partial charge is 0.311 e. The van der Waals surface area contributed by atoms with Gasteiger partial charge in [-0.05, 0) is 22.9 Å². The summed E-state index contributed by atoms with van der Waals surface area (Å²) in [4.78, 5) is 14.8. The van der Waals surface area contributed by atoms with Gasteiger partial charge in [0, 0.05) is 0 Å². The highest BCUT2D eigenvalue weighted by Crippen LogP contribution is 2.35. The van der Waals surface area contributed by atoms with Crippen LogP contribution in [0.4, 0.5) is 8.78 Å². The number of hydrogen-bond acceptors (Lipinski definition) is 4. The van der Waals surface area contributed by atoms with E-state index in [2.05, 4.69) is 25.7 Å². The van der Waals surface area contributed by atoms with E-state index in [-0.39, 0.29) is 23.2 Å². The lowest BCUT2D eigenvalue weighted by Gasteiger charge is -2.10. The van der Waals surface area contributed by atoms with Crippen molar-refractivity contribution < 1.29 is 23.4 Å². The van der Waals surface area contributed by atoms with E-state index in [1.54, 1.807) is 6.92 Å². The largest absolute Gasteiger partial charge is 0.505 e. The summed E-state index contributed by atoms with van der Waals surface area (Å²) in [6.07, 6.45) is -2.19. The highest BCUT2D eigenvalue weighted by atomic mass is 79.9. The summed E-state index contributed by atoms with van der Waals surface area (Å²) in [5.41, 5.74) is -0.596. The zero-order valence-electron chi connectivity index (χ0n) is 8.91. The van der Waals surface area contributed by atoms with Crippen molar-refractivity contribution in [2.24, 2.45) is 0 Å². The first kappa shape index (κ1) is 13.8. The molecule has 0 saturated carbocycles. The minimum atomic E-state index is -2.84. The normalized spacial score (nSPS) is 10.6. The molecule has 0 aliphatic carbocycles. The lowest BCUT2D eigenvalue weighted by atomic mass is 10.1. The second-order valence-corrected chi connectivity index (χ2v) is 3.89. The molecule has 1 aromatic heterocycles. The number of nitrogens with zero attached hydrogens (tertiary/aromatic N) is 1. The molecule has 0 bridgehead atoms. The molecule has 0 spiro atoms. The molecule has 1 rings (SSSR count). The van der Waals surface area contributed by atoms with Crippen LogP contribution in [0.3, 0.4) is 0 Å². The van der Waals surface area contributed by atoms with Crippen molar-refractivity contribution in [2.45, 2.75) is 19.8 Å². The molecule has 0 radical (unpaired) electrons. The Morgan fingerprint density at radius 2 is 2.29 bits per heavy atom. The highest BCUT2D eigenvalue weighted by Gasteiger charge is 2.22. The third kappa shape index (κ3) is 3.36. The summed E-state index contributed by atoms with van der Waals surface area (Å²) >= 11 is 2.84. The van der Waals surface area contributed by atoms with Gasteiger partial charge in [0.05, 0.1) is 35.0 Å². The number of aromatic hydroxyl groups is 1. The summed E-state index contributed by atoms with van der Waals surface area (Å²) in [6.45, 7) is 1.79. The number of esters is 1. The first-order valence-electron chi connectivity index (χ1n) is 4.77. The van der Waals surface area contributed by atoms with Gasteiger partial charge < -0.3 is 9.84 Å². The second kappa shape index (κ2) is 5.90. The maximum Gasteiger partial charge on any atom is 0.311 e. The summed E-state index contributed by atoms with van der Waals surface area (Å²) in [6, 6.07) is 0. The average Bonchev–Trinajstić information content (AvgIpc) is 2.23. The van der Waals surface area contributed by atoms with Crippen LogP contribution in [0.2, 0.25) is 0 Å². The van der Waals surface area contributed by atoms with Crippen LogP contribution >= 0.6 is 15.9 Å². The van der Waals surface area contributed by atoms with Crippen LogP contribution in [-0.4, -0.2) is 22.7 Å². The molecule has 0 aliphatic rings. The number of alkyl halides is 2. The monoisotopic (exact) mass is 309 g/mol.